The molecule has 0 aromatic carbocycles. The van der Waals surface area contributed by atoms with Crippen LogP contribution >= 0.6 is 0 Å². The highest BCUT2D eigenvalue weighted by Gasteiger charge is 2.71. The van der Waals surface area contributed by atoms with Gasteiger partial charge in [-0.05, 0) is 111 Å². The Morgan fingerprint density at radius 1 is 0.613 bits per heavy atom. The number of allylic oxidation sites excluding steroid dienone is 2. The van der Waals surface area contributed by atoms with Crippen LogP contribution in [0.3, 0.4) is 0 Å². The molecule has 22 heteroatoms. The molecule has 4 saturated heterocycles. The molecule has 0 radical (unpaired) electrons. The Bertz CT molecular complexity index is 2060. The summed E-state index contributed by atoms with van der Waals surface area (Å²) in [7, 11) is 0. The SMILES string of the molecule is CC1OC(OC2COC(OC3CCC4(C)C(CCC5(C)C4CC=C4C6CC(C)(C)CCC6(C(=O)OC6OC(CO)C(O)C(O)C6O)CCC45C)C3(C)CO)C(O)C2O)C(O)C(OC2OC(CO)C(O)C(O)C2O)C1O. The van der Waals surface area contributed by atoms with Crippen LogP contribution in [-0.2, 0) is 42.7 Å². The number of rotatable bonds is 11. The third-order valence-corrected chi connectivity index (χ3v) is 21.2. The fourth-order valence-corrected chi connectivity index (χ4v) is 16.2. The van der Waals surface area contributed by atoms with Crippen molar-refractivity contribution in [2.45, 2.75) is 235 Å². The molecule has 75 heavy (non-hydrogen) atoms. The van der Waals surface area contributed by atoms with E-state index in [2.05, 4.69) is 40.7 Å². The number of hydrogen-bond donors (Lipinski definition) is 13. The van der Waals surface area contributed by atoms with Crippen LogP contribution in [0.25, 0.3) is 0 Å². The van der Waals surface area contributed by atoms with E-state index in [4.69, 9.17) is 37.9 Å². The molecule has 9 rings (SSSR count). The molecule has 0 bridgehead atoms. The molecule has 430 valence electrons. The van der Waals surface area contributed by atoms with E-state index in [1.54, 1.807) is 0 Å². The number of aliphatic hydroxyl groups excluding tert-OH is 13. The van der Waals surface area contributed by atoms with Gasteiger partial charge in [-0.15, -0.1) is 0 Å². The molecule has 4 saturated carbocycles. The minimum Gasteiger partial charge on any atom is -0.432 e. The number of hydrogen-bond acceptors (Lipinski definition) is 22. The molecular weight excluding hydrogens is 989 g/mol. The van der Waals surface area contributed by atoms with Crippen molar-refractivity contribution in [2.24, 2.45) is 50.2 Å². The van der Waals surface area contributed by atoms with Crippen molar-refractivity contribution in [3.8, 4) is 0 Å². The lowest BCUT2D eigenvalue weighted by atomic mass is 9.33. The molecule has 0 aromatic rings. The molecule has 5 aliphatic carbocycles. The molecule has 28 atom stereocenters. The number of aliphatic hydroxyl groups is 13. The minimum absolute atomic E-state index is 0.0302. The van der Waals surface area contributed by atoms with Gasteiger partial charge in [-0.2, -0.15) is 0 Å². The topological polar surface area (TPSA) is 354 Å². The Kier molecular flexibility index (Phi) is 16.3. The Morgan fingerprint density at radius 2 is 1.21 bits per heavy atom. The molecular formula is C53H86O22. The van der Waals surface area contributed by atoms with Gasteiger partial charge in [0.25, 0.3) is 0 Å². The van der Waals surface area contributed by atoms with E-state index in [0.717, 1.165) is 38.5 Å². The smallest absolute Gasteiger partial charge is 0.315 e. The van der Waals surface area contributed by atoms with Gasteiger partial charge in [0.2, 0.25) is 6.29 Å². The predicted molar refractivity (Wildman–Crippen MR) is 257 cm³/mol. The van der Waals surface area contributed by atoms with E-state index in [0.29, 0.717) is 25.7 Å². The lowest BCUT2D eigenvalue weighted by Gasteiger charge is -2.71. The number of carbonyl (C=O) groups is 1. The zero-order valence-corrected chi connectivity index (χ0v) is 44.2. The Labute approximate surface area is 437 Å². The second-order valence-electron chi connectivity index (χ2n) is 25.6. The van der Waals surface area contributed by atoms with Crippen molar-refractivity contribution in [1.29, 1.82) is 0 Å². The molecule has 28 unspecified atom stereocenters. The number of carbonyl (C=O) groups excluding carboxylic acids is 1. The minimum atomic E-state index is -1.82. The molecule has 0 amide bonds. The quantitative estimate of drug-likeness (QED) is 0.0643. The third-order valence-electron chi connectivity index (χ3n) is 21.2. The van der Waals surface area contributed by atoms with Crippen LogP contribution in [0.5, 0.6) is 0 Å². The zero-order valence-electron chi connectivity index (χ0n) is 44.2. The van der Waals surface area contributed by atoms with Crippen LogP contribution in [-0.4, -0.2) is 222 Å². The molecule has 0 aromatic heterocycles. The first kappa shape index (κ1) is 58.1. The summed E-state index contributed by atoms with van der Waals surface area (Å²) < 4.78 is 47.2. The van der Waals surface area contributed by atoms with Gasteiger partial charge in [0.15, 0.2) is 18.9 Å². The van der Waals surface area contributed by atoms with E-state index in [-0.39, 0.29) is 52.6 Å². The lowest BCUT2D eigenvalue weighted by molar-refractivity contribution is -0.373. The van der Waals surface area contributed by atoms with E-state index in [1.807, 2.05) is 6.92 Å². The normalized spacial score (nSPS) is 54.8. The van der Waals surface area contributed by atoms with Gasteiger partial charge >= 0.3 is 5.97 Å². The van der Waals surface area contributed by atoms with Crippen molar-refractivity contribution in [3.63, 3.8) is 0 Å². The maximum atomic E-state index is 14.7. The first-order chi connectivity index (χ1) is 35.2. The van der Waals surface area contributed by atoms with Gasteiger partial charge in [-0.3, -0.25) is 4.79 Å². The monoisotopic (exact) mass is 1070 g/mol. The highest BCUT2D eigenvalue weighted by atomic mass is 16.8. The van der Waals surface area contributed by atoms with Crippen LogP contribution in [0.4, 0.5) is 0 Å². The standard InChI is InChI=1S/C53H86O22/c1-23-32(57)42(74-44-39(64)36(61)33(58)26(19-54)70-44)41(66)46(69-23)72-28-21-68-43(38(63)35(28)60)73-31-11-12-49(4)29(50(31,5)22-56)10-13-52(7)30(49)9-8-24-25-18-48(2,3)14-16-53(25,17-15-51(24,52)6)47(67)75-45-40(65)37(62)34(59)27(20-55)71-45/h8,23,25-46,54-66H,9-22H2,1-7H3. The third kappa shape index (κ3) is 9.40. The Balaban J connectivity index is 0.879. The fraction of sp³-hybridized carbons (Fsp3) is 0.943. The fourth-order valence-electron chi connectivity index (χ4n) is 16.2. The van der Waals surface area contributed by atoms with Gasteiger partial charge in [-0.25, -0.2) is 0 Å². The number of ether oxygens (including phenoxy) is 8. The van der Waals surface area contributed by atoms with Crippen LogP contribution in [0.1, 0.15) is 113 Å². The largest absolute Gasteiger partial charge is 0.432 e. The number of esters is 1. The second kappa shape index (κ2) is 21.1. The maximum absolute atomic E-state index is 14.7. The van der Waals surface area contributed by atoms with Crippen LogP contribution in [0.2, 0.25) is 0 Å². The molecule has 22 nitrogen and oxygen atoms in total. The average molecular weight is 1080 g/mol. The molecule has 9 aliphatic rings. The van der Waals surface area contributed by atoms with Crippen molar-refractivity contribution in [3.05, 3.63) is 11.6 Å². The Morgan fingerprint density at radius 3 is 1.85 bits per heavy atom. The van der Waals surface area contributed by atoms with Gasteiger partial charge in [0, 0.05) is 5.41 Å². The molecule has 13 N–H and O–H groups in total. The number of fused-ring (bicyclic) bond motifs is 7. The lowest BCUT2D eigenvalue weighted by Crippen LogP contribution is -2.67. The summed E-state index contributed by atoms with van der Waals surface area (Å²) in [6.07, 6.45) is -20.8. The summed E-state index contributed by atoms with van der Waals surface area (Å²) in [6, 6.07) is 0. The van der Waals surface area contributed by atoms with Crippen molar-refractivity contribution >= 4 is 5.97 Å². The predicted octanol–water partition coefficient (Wildman–Crippen LogP) is -1.40. The van der Waals surface area contributed by atoms with Gasteiger partial charge in [0.05, 0.1) is 44.1 Å². The van der Waals surface area contributed by atoms with Crippen LogP contribution < -0.4 is 0 Å². The zero-order chi connectivity index (χ0) is 54.7. The summed E-state index contributed by atoms with van der Waals surface area (Å²) in [5, 5.41) is 139. The summed E-state index contributed by atoms with van der Waals surface area (Å²) in [4.78, 5) is 14.7. The second-order valence-corrected chi connectivity index (χ2v) is 25.6. The Hall–Kier alpha value is -1.59. The maximum Gasteiger partial charge on any atom is 0.315 e. The van der Waals surface area contributed by atoms with Gasteiger partial charge in [-0.1, -0.05) is 53.2 Å². The summed E-state index contributed by atoms with van der Waals surface area (Å²) in [6.45, 7) is 13.1. The summed E-state index contributed by atoms with van der Waals surface area (Å²) in [5.41, 5.74) is -1.39. The van der Waals surface area contributed by atoms with Crippen LogP contribution in [0.15, 0.2) is 11.6 Å². The highest BCUT2D eigenvalue weighted by Crippen LogP contribution is 2.76. The van der Waals surface area contributed by atoms with Crippen molar-refractivity contribution < 1.29 is 109 Å². The molecule has 4 aliphatic heterocycles. The van der Waals surface area contributed by atoms with E-state index < -0.39 is 153 Å². The van der Waals surface area contributed by atoms with Crippen LogP contribution in [0, 0.1) is 50.2 Å². The summed E-state index contributed by atoms with van der Waals surface area (Å²) >= 11 is 0. The molecule has 4 heterocycles. The van der Waals surface area contributed by atoms with E-state index >= 15 is 0 Å². The van der Waals surface area contributed by atoms with E-state index in [1.165, 1.54) is 12.5 Å². The molecule has 8 fully saturated rings. The van der Waals surface area contributed by atoms with Gasteiger partial charge in [0.1, 0.15) is 85.5 Å². The average Bonchev–Trinajstić information content (AvgIpc) is 3.37. The van der Waals surface area contributed by atoms with Crippen molar-refractivity contribution in [1.82, 2.24) is 0 Å². The van der Waals surface area contributed by atoms with E-state index in [9.17, 15) is 71.2 Å². The first-order valence-corrected chi connectivity index (χ1v) is 27.3. The van der Waals surface area contributed by atoms with Gasteiger partial charge < -0.3 is 104 Å². The summed E-state index contributed by atoms with van der Waals surface area (Å²) in [5.74, 6) is -0.546. The van der Waals surface area contributed by atoms with Crippen molar-refractivity contribution in [2.75, 3.05) is 26.4 Å². The first-order valence-electron chi connectivity index (χ1n) is 27.3. The highest BCUT2D eigenvalue weighted by molar-refractivity contribution is 5.79. The molecule has 0 spiro atoms.